The second-order valence-electron chi connectivity index (χ2n) is 5.00. The van der Waals surface area contributed by atoms with Gasteiger partial charge in [0.05, 0.1) is 5.52 Å². The van der Waals surface area contributed by atoms with Crippen molar-refractivity contribution in [3.8, 4) is 0 Å². The molecule has 0 radical (unpaired) electrons. The fourth-order valence-corrected chi connectivity index (χ4v) is 3.73. The van der Waals surface area contributed by atoms with Crippen molar-refractivity contribution in [3.05, 3.63) is 36.3 Å². The van der Waals surface area contributed by atoms with Crippen molar-refractivity contribution >= 4 is 28.4 Å². The van der Waals surface area contributed by atoms with Gasteiger partial charge in [0.1, 0.15) is 5.82 Å². The van der Waals surface area contributed by atoms with E-state index in [0.717, 1.165) is 23.2 Å². The molecule has 0 amide bonds. The number of thioether (sulfide) groups is 1. The highest BCUT2D eigenvalue weighted by Gasteiger charge is 2.26. The van der Waals surface area contributed by atoms with Gasteiger partial charge in [0, 0.05) is 46.9 Å². The Labute approximate surface area is 117 Å². The Morgan fingerprint density at radius 2 is 2.16 bits per heavy atom. The highest BCUT2D eigenvalue weighted by Crippen LogP contribution is 2.33. The molecule has 2 nitrogen and oxygen atoms in total. The van der Waals surface area contributed by atoms with E-state index in [1.54, 1.807) is 6.20 Å². The summed E-state index contributed by atoms with van der Waals surface area (Å²) in [7, 11) is 0. The largest absolute Gasteiger partial charge is 0.366 e. The van der Waals surface area contributed by atoms with Crippen molar-refractivity contribution in [1.82, 2.24) is 4.98 Å². The van der Waals surface area contributed by atoms with Crippen molar-refractivity contribution in [2.75, 3.05) is 17.2 Å². The molecule has 1 fully saturated rings. The maximum absolute atomic E-state index is 13.3. The number of fused-ring (bicyclic) bond motifs is 1. The van der Waals surface area contributed by atoms with E-state index in [9.17, 15) is 4.39 Å². The fourth-order valence-electron chi connectivity index (χ4n) is 2.63. The third-order valence-electron chi connectivity index (χ3n) is 3.88. The molecule has 1 aromatic carbocycles. The molecule has 1 aromatic heterocycles. The number of anilines is 1. The lowest BCUT2D eigenvalue weighted by Crippen LogP contribution is -2.44. The minimum Gasteiger partial charge on any atom is -0.366 e. The lowest BCUT2D eigenvalue weighted by molar-refractivity contribution is 0.626. The summed E-state index contributed by atoms with van der Waals surface area (Å²) in [5.41, 5.74) is 1.90. The van der Waals surface area contributed by atoms with E-state index < -0.39 is 0 Å². The van der Waals surface area contributed by atoms with Crippen LogP contribution in [0.15, 0.2) is 30.5 Å². The molecule has 0 spiro atoms. The summed E-state index contributed by atoms with van der Waals surface area (Å²) in [4.78, 5) is 6.69. The Morgan fingerprint density at radius 3 is 3.00 bits per heavy atom. The van der Waals surface area contributed by atoms with Crippen LogP contribution in [0.1, 0.15) is 13.8 Å². The summed E-state index contributed by atoms with van der Waals surface area (Å²) < 4.78 is 13.3. The van der Waals surface area contributed by atoms with Gasteiger partial charge < -0.3 is 4.90 Å². The van der Waals surface area contributed by atoms with E-state index in [1.165, 1.54) is 17.8 Å². The number of nitrogens with zero attached hydrogens (tertiary/aromatic N) is 2. The van der Waals surface area contributed by atoms with Gasteiger partial charge in [-0.3, -0.25) is 4.98 Å². The average molecular weight is 276 g/mol. The highest BCUT2D eigenvalue weighted by atomic mass is 32.2. The minimum atomic E-state index is -0.229. The fraction of sp³-hybridized carbons (Fsp3) is 0.400. The number of hydrogen-bond donors (Lipinski definition) is 0. The number of benzene rings is 1. The van der Waals surface area contributed by atoms with Gasteiger partial charge in [0.15, 0.2) is 0 Å². The Morgan fingerprint density at radius 1 is 1.32 bits per heavy atom. The lowest BCUT2D eigenvalue weighted by Gasteiger charge is -2.39. The lowest BCUT2D eigenvalue weighted by atomic mass is 10.1. The summed E-state index contributed by atoms with van der Waals surface area (Å²) in [5, 5.41) is 1.65. The first kappa shape index (κ1) is 12.7. The minimum absolute atomic E-state index is 0.229. The third kappa shape index (κ3) is 2.29. The quantitative estimate of drug-likeness (QED) is 0.790. The summed E-state index contributed by atoms with van der Waals surface area (Å²) >= 11 is 2.02. The standard InChI is InChI=1S/C15H17FN2S/c1-10-11(2)19-8-7-18(10)15-5-6-17-14-9-12(16)3-4-13(14)15/h3-6,9-11H,7-8H2,1-2H3. The van der Waals surface area contributed by atoms with Crippen molar-refractivity contribution < 1.29 is 4.39 Å². The average Bonchev–Trinajstić information content (AvgIpc) is 2.41. The van der Waals surface area contributed by atoms with Crippen LogP contribution in [0.5, 0.6) is 0 Å². The molecule has 1 saturated heterocycles. The van der Waals surface area contributed by atoms with Gasteiger partial charge in [-0.15, -0.1) is 0 Å². The number of rotatable bonds is 1. The maximum atomic E-state index is 13.3. The van der Waals surface area contributed by atoms with Gasteiger partial charge in [-0.2, -0.15) is 11.8 Å². The molecule has 3 rings (SSSR count). The van der Waals surface area contributed by atoms with E-state index in [-0.39, 0.29) is 5.82 Å². The Bertz CT molecular complexity index is 602. The van der Waals surface area contributed by atoms with Crippen LogP contribution < -0.4 is 4.90 Å². The zero-order valence-electron chi connectivity index (χ0n) is 11.1. The maximum Gasteiger partial charge on any atom is 0.125 e. The van der Waals surface area contributed by atoms with E-state index in [2.05, 4.69) is 23.7 Å². The van der Waals surface area contributed by atoms with Gasteiger partial charge in [-0.1, -0.05) is 6.92 Å². The molecule has 19 heavy (non-hydrogen) atoms. The molecule has 1 aliphatic heterocycles. The number of pyridine rings is 1. The first-order chi connectivity index (χ1) is 9.16. The van der Waals surface area contributed by atoms with E-state index in [0.29, 0.717) is 11.3 Å². The van der Waals surface area contributed by atoms with E-state index >= 15 is 0 Å². The second kappa shape index (κ2) is 5.00. The molecule has 1 aliphatic rings. The van der Waals surface area contributed by atoms with Crippen LogP contribution in [0.4, 0.5) is 10.1 Å². The summed E-state index contributed by atoms with van der Waals surface area (Å²) in [6.45, 7) is 5.56. The predicted octanol–water partition coefficient (Wildman–Crippen LogP) is 3.70. The van der Waals surface area contributed by atoms with Crippen molar-refractivity contribution in [1.29, 1.82) is 0 Å². The summed E-state index contributed by atoms with van der Waals surface area (Å²) in [6.07, 6.45) is 1.77. The van der Waals surface area contributed by atoms with Gasteiger partial charge in [0.25, 0.3) is 0 Å². The van der Waals surface area contributed by atoms with Crippen LogP contribution >= 0.6 is 11.8 Å². The molecule has 0 aliphatic carbocycles. The molecule has 0 N–H and O–H groups in total. The molecular formula is C15H17FN2S. The first-order valence-electron chi connectivity index (χ1n) is 6.59. The zero-order chi connectivity index (χ0) is 13.4. The van der Waals surface area contributed by atoms with Crippen LogP contribution in [-0.4, -0.2) is 28.6 Å². The molecule has 2 aromatic rings. The summed E-state index contributed by atoms with van der Waals surface area (Å²) in [6, 6.07) is 7.38. The van der Waals surface area contributed by atoms with Gasteiger partial charge in [0.2, 0.25) is 0 Å². The molecule has 2 heterocycles. The number of aromatic nitrogens is 1. The second-order valence-corrected chi connectivity index (χ2v) is 6.49. The van der Waals surface area contributed by atoms with E-state index in [4.69, 9.17) is 0 Å². The van der Waals surface area contributed by atoms with Crippen LogP contribution in [0.3, 0.4) is 0 Å². The monoisotopic (exact) mass is 276 g/mol. The Hall–Kier alpha value is -1.29. The molecule has 2 unspecified atom stereocenters. The van der Waals surface area contributed by atoms with Gasteiger partial charge in [-0.05, 0) is 25.1 Å². The summed E-state index contributed by atoms with van der Waals surface area (Å²) in [5.74, 6) is 0.907. The molecular weight excluding hydrogens is 259 g/mol. The molecule has 2 atom stereocenters. The topological polar surface area (TPSA) is 16.1 Å². The predicted molar refractivity (Wildman–Crippen MR) is 80.4 cm³/mol. The number of hydrogen-bond acceptors (Lipinski definition) is 3. The van der Waals surface area contributed by atoms with Crippen molar-refractivity contribution in [2.24, 2.45) is 0 Å². The molecule has 0 saturated carbocycles. The van der Waals surface area contributed by atoms with Crippen LogP contribution in [0, 0.1) is 5.82 Å². The smallest absolute Gasteiger partial charge is 0.125 e. The van der Waals surface area contributed by atoms with Gasteiger partial charge >= 0.3 is 0 Å². The highest BCUT2D eigenvalue weighted by molar-refractivity contribution is 8.00. The van der Waals surface area contributed by atoms with Crippen LogP contribution in [-0.2, 0) is 0 Å². The van der Waals surface area contributed by atoms with Crippen molar-refractivity contribution in [2.45, 2.75) is 25.1 Å². The van der Waals surface area contributed by atoms with Crippen molar-refractivity contribution in [3.63, 3.8) is 0 Å². The molecule has 0 bridgehead atoms. The Balaban J connectivity index is 2.09. The molecule has 100 valence electrons. The first-order valence-corrected chi connectivity index (χ1v) is 7.64. The van der Waals surface area contributed by atoms with E-state index in [1.807, 2.05) is 23.9 Å². The molecule has 4 heteroatoms. The normalized spacial score (nSPS) is 23.8. The third-order valence-corrected chi connectivity index (χ3v) is 5.21. The zero-order valence-corrected chi connectivity index (χ0v) is 12.0. The van der Waals surface area contributed by atoms with Gasteiger partial charge in [-0.25, -0.2) is 4.39 Å². The Kier molecular flexibility index (Phi) is 3.35. The van der Waals surface area contributed by atoms with Crippen LogP contribution in [0.25, 0.3) is 10.9 Å². The van der Waals surface area contributed by atoms with Crippen LogP contribution in [0.2, 0.25) is 0 Å². The SMILES string of the molecule is CC1SCCN(c2ccnc3cc(F)ccc23)C1C. The number of halogens is 1.